The molecule has 86 valence electrons. The zero-order chi connectivity index (χ0) is 11.6. The third-order valence-electron chi connectivity index (χ3n) is 3.20. The molecule has 1 aromatic carbocycles. The lowest BCUT2D eigenvalue weighted by atomic mass is 9.85. The van der Waals surface area contributed by atoms with Gasteiger partial charge in [0.15, 0.2) is 0 Å². The fourth-order valence-electron chi connectivity index (χ4n) is 2.58. The molecule has 1 aliphatic rings. The molecule has 1 aliphatic carbocycles. The van der Waals surface area contributed by atoms with Gasteiger partial charge in [0.1, 0.15) is 0 Å². The van der Waals surface area contributed by atoms with E-state index < -0.39 is 5.60 Å². The molecule has 0 saturated heterocycles. The van der Waals surface area contributed by atoms with Crippen molar-refractivity contribution >= 4 is 0 Å². The normalized spacial score (nSPS) is 24.7. The van der Waals surface area contributed by atoms with E-state index in [0.29, 0.717) is 0 Å². The van der Waals surface area contributed by atoms with E-state index in [1.54, 1.807) is 0 Å². The minimum Gasteiger partial charge on any atom is -0.385 e. The Morgan fingerprint density at radius 1 is 1.19 bits per heavy atom. The van der Waals surface area contributed by atoms with Gasteiger partial charge in [0.25, 0.3) is 0 Å². The van der Waals surface area contributed by atoms with Crippen LogP contribution in [0.25, 0.3) is 0 Å². The molecule has 16 heavy (non-hydrogen) atoms. The van der Waals surface area contributed by atoms with Gasteiger partial charge >= 0.3 is 0 Å². The van der Waals surface area contributed by atoms with Gasteiger partial charge in [-0.25, -0.2) is 0 Å². The van der Waals surface area contributed by atoms with Gasteiger partial charge in [-0.2, -0.15) is 0 Å². The third kappa shape index (κ3) is 2.73. The maximum absolute atomic E-state index is 10.4. The highest BCUT2D eigenvalue weighted by Crippen LogP contribution is 2.26. The first-order valence-corrected chi connectivity index (χ1v) is 6.05. The maximum atomic E-state index is 10.4. The Morgan fingerprint density at radius 3 is 2.44 bits per heavy atom. The molecule has 2 rings (SSSR count). The summed E-state index contributed by atoms with van der Waals surface area (Å²) in [4.78, 5) is 0. The fourth-order valence-corrected chi connectivity index (χ4v) is 2.58. The first kappa shape index (κ1) is 11.4. The van der Waals surface area contributed by atoms with E-state index in [9.17, 15) is 5.11 Å². The van der Waals surface area contributed by atoms with E-state index in [1.807, 2.05) is 6.08 Å². The molecule has 1 atom stereocenters. The Labute approximate surface area is 97.8 Å². The van der Waals surface area contributed by atoms with Crippen molar-refractivity contribution in [3.63, 3.8) is 0 Å². The van der Waals surface area contributed by atoms with Crippen LogP contribution in [0.1, 0.15) is 36.0 Å². The highest BCUT2D eigenvalue weighted by atomic mass is 16.3. The molecule has 1 N–H and O–H groups in total. The van der Waals surface area contributed by atoms with Crippen LogP contribution in [0.3, 0.4) is 0 Å². The molecule has 1 nitrogen and oxygen atoms in total. The number of aryl methyl sites for hydroxylation is 2. The largest absolute Gasteiger partial charge is 0.385 e. The average Bonchev–Trinajstić information content (AvgIpc) is 2.15. The van der Waals surface area contributed by atoms with E-state index in [-0.39, 0.29) is 0 Å². The van der Waals surface area contributed by atoms with Crippen molar-refractivity contribution in [2.75, 3.05) is 0 Å². The summed E-state index contributed by atoms with van der Waals surface area (Å²) in [6.45, 7) is 4.22. The van der Waals surface area contributed by atoms with E-state index in [4.69, 9.17) is 0 Å². The number of hydrogen-bond acceptors (Lipinski definition) is 1. The predicted octanol–water partition coefficient (Wildman–Crippen LogP) is 3.32. The molecule has 0 aromatic heterocycles. The summed E-state index contributed by atoms with van der Waals surface area (Å²) in [6.07, 6.45) is 7.91. The van der Waals surface area contributed by atoms with Crippen LogP contribution in [0.4, 0.5) is 0 Å². The molecule has 0 radical (unpaired) electrons. The van der Waals surface area contributed by atoms with Gasteiger partial charge in [0.05, 0.1) is 5.60 Å². The lowest BCUT2D eigenvalue weighted by molar-refractivity contribution is 0.0751. The smallest absolute Gasteiger partial charge is 0.0868 e. The van der Waals surface area contributed by atoms with Crippen LogP contribution in [0.5, 0.6) is 0 Å². The minimum atomic E-state index is -0.613. The lowest BCUT2D eigenvalue weighted by Gasteiger charge is -2.27. The second-order valence-electron chi connectivity index (χ2n) is 5.07. The van der Waals surface area contributed by atoms with Crippen molar-refractivity contribution in [3.05, 3.63) is 47.0 Å². The molecular formula is C15H20O. The van der Waals surface area contributed by atoms with E-state index in [1.165, 1.54) is 16.7 Å². The molecule has 0 bridgehead atoms. The second-order valence-corrected chi connectivity index (χ2v) is 5.07. The topological polar surface area (TPSA) is 20.2 Å². The summed E-state index contributed by atoms with van der Waals surface area (Å²) < 4.78 is 0. The Hall–Kier alpha value is -1.08. The van der Waals surface area contributed by atoms with Crippen molar-refractivity contribution in [1.29, 1.82) is 0 Å². The first-order chi connectivity index (χ1) is 7.57. The molecule has 0 saturated carbocycles. The van der Waals surface area contributed by atoms with Gasteiger partial charge < -0.3 is 5.11 Å². The second kappa shape index (κ2) is 4.42. The number of allylic oxidation sites excluding steroid dienone is 1. The van der Waals surface area contributed by atoms with Gasteiger partial charge in [0, 0.05) is 6.42 Å². The van der Waals surface area contributed by atoms with Crippen molar-refractivity contribution < 1.29 is 5.11 Å². The number of aliphatic hydroxyl groups is 1. The molecule has 1 aromatic rings. The van der Waals surface area contributed by atoms with Gasteiger partial charge in [0.2, 0.25) is 0 Å². The van der Waals surface area contributed by atoms with E-state index in [0.717, 1.165) is 25.7 Å². The summed E-state index contributed by atoms with van der Waals surface area (Å²) in [7, 11) is 0. The fraction of sp³-hybridized carbons (Fsp3) is 0.467. The van der Waals surface area contributed by atoms with Crippen molar-refractivity contribution in [2.45, 2.75) is 45.1 Å². The number of rotatable bonds is 2. The SMILES string of the molecule is Cc1cc(C)cc(CC2(O)C=CCCC2)c1. The molecule has 1 unspecified atom stereocenters. The third-order valence-corrected chi connectivity index (χ3v) is 3.20. The summed E-state index contributed by atoms with van der Waals surface area (Å²) >= 11 is 0. The zero-order valence-electron chi connectivity index (χ0n) is 10.2. The highest BCUT2D eigenvalue weighted by molar-refractivity contribution is 5.30. The summed E-state index contributed by atoms with van der Waals surface area (Å²) in [5, 5.41) is 10.4. The monoisotopic (exact) mass is 216 g/mol. The molecule has 0 spiro atoms. The molecule has 0 aliphatic heterocycles. The maximum Gasteiger partial charge on any atom is 0.0868 e. The lowest BCUT2D eigenvalue weighted by Crippen LogP contribution is -2.30. The van der Waals surface area contributed by atoms with Gasteiger partial charge in [-0.3, -0.25) is 0 Å². The van der Waals surface area contributed by atoms with Crippen molar-refractivity contribution in [2.24, 2.45) is 0 Å². The highest BCUT2D eigenvalue weighted by Gasteiger charge is 2.25. The van der Waals surface area contributed by atoms with Crippen molar-refractivity contribution in [1.82, 2.24) is 0 Å². The van der Waals surface area contributed by atoms with Gasteiger partial charge in [-0.05, 0) is 38.7 Å². The zero-order valence-corrected chi connectivity index (χ0v) is 10.2. The van der Waals surface area contributed by atoms with Crippen LogP contribution in [-0.4, -0.2) is 10.7 Å². The van der Waals surface area contributed by atoms with Crippen molar-refractivity contribution in [3.8, 4) is 0 Å². The number of hydrogen-bond donors (Lipinski definition) is 1. The van der Waals surface area contributed by atoms with Crippen LogP contribution in [0.2, 0.25) is 0 Å². The van der Waals surface area contributed by atoms with Crippen LogP contribution >= 0.6 is 0 Å². The Kier molecular flexibility index (Phi) is 3.15. The van der Waals surface area contributed by atoms with E-state index >= 15 is 0 Å². The molecule has 1 heteroatoms. The first-order valence-electron chi connectivity index (χ1n) is 6.05. The van der Waals surface area contributed by atoms with Gasteiger partial charge in [-0.1, -0.05) is 41.5 Å². The van der Waals surface area contributed by atoms with E-state index in [2.05, 4.69) is 38.1 Å². The molecule has 0 fully saturated rings. The summed E-state index contributed by atoms with van der Waals surface area (Å²) in [5.74, 6) is 0. The number of benzene rings is 1. The predicted molar refractivity (Wildman–Crippen MR) is 67.6 cm³/mol. The molecule has 0 heterocycles. The standard InChI is InChI=1S/C15H20O/c1-12-8-13(2)10-14(9-12)11-15(16)6-4-3-5-7-15/h4,6,8-10,16H,3,5,7,11H2,1-2H3. The average molecular weight is 216 g/mol. The van der Waals surface area contributed by atoms with Crippen LogP contribution in [-0.2, 0) is 6.42 Å². The van der Waals surface area contributed by atoms with Crippen LogP contribution in [0, 0.1) is 13.8 Å². The van der Waals surface area contributed by atoms with Gasteiger partial charge in [-0.15, -0.1) is 0 Å². The summed E-state index contributed by atoms with van der Waals surface area (Å²) in [5.41, 5.74) is 3.18. The Morgan fingerprint density at radius 2 is 1.88 bits per heavy atom. The summed E-state index contributed by atoms with van der Waals surface area (Å²) in [6, 6.07) is 6.52. The minimum absolute atomic E-state index is 0.613. The quantitative estimate of drug-likeness (QED) is 0.752. The molecule has 0 amide bonds. The van der Waals surface area contributed by atoms with Crippen LogP contribution < -0.4 is 0 Å². The Bertz CT molecular complexity index is 386. The molecular weight excluding hydrogens is 196 g/mol. The Balaban J connectivity index is 2.19. The van der Waals surface area contributed by atoms with Crippen LogP contribution in [0.15, 0.2) is 30.4 Å².